The summed E-state index contributed by atoms with van der Waals surface area (Å²) in [5, 5.41) is 18.4. The molecule has 1 saturated heterocycles. The van der Waals surface area contributed by atoms with E-state index < -0.39 is 29.3 Å². The van der Waals surface area contributed by atoms with Crippen molar-refractivity contribution in [2.24, 2.45) is 0 Å². The number of anilines is 1. The van der Waals surface area contributed by atoms with E-state index in [-0.39, 0.29) is 30.0 Å². The summed E-state index contributed by atoms with van der Waals surface area (Å²) in [4.78, 5) is 27.5. The molecule has 0 aliphatic carbocycles. The molecule has 1 fully saturated rings. The SMILES string of the molecule is CN1CCN(c2c(F)cc3c(=O)c(OC(=O)O)cn4c3c2O[C@@H](CO)C4)CC1. The number of hydrogen-bond acceptors (Lipinski definition) is 7. The van der Waals surface area contributed by atoms with Crippen molar-refractivity contribution in [2.75, 3.05) is 44.7 Å². The van der Waals surface area contributed by atoms with Crippen LogP contribution in [0.3, 0.4) is 0 Å². The van der Waals surface area contributed by atoms with Crippen LogP contribution in [0.25, 0.3) is 10.9 Å². The fraction of sp³-hybridized carbons (Fsp3) is 0.444. The summed E-state index contributed by atoms with van der Waals surface area (Å²) in [6.45, 7) is 2.52. The maximum Gasteiger partial charge on any atom is 0.511 e. The summed E-state index contributed by atoms with van der Waals surface area (Å²) in [7, 11) is 1.98. The monoisotopic (exact) mass is 393 g/mol. The molecule has 2 aromatic rings. The molecule has 2 aliphatic rings. The molecule has 0 bridgehead atoms. The van der Waals surface area contributed by atoms with Gasteiger partial charge in [-0.2, -0.15) is 0 Å². The lowest BCUT2D eigenvalue weighted by atomic mass is 10.1. The average Bonchev–Trinajstić information content (AvgIpc) is 2.65. The van der Waals surface area contributed by atoms with Crippen LogP contribution in [0.5, 0.6) is 11.5 Å². The van der Waals surface area contributed by atoms with Crippen molar-refractivity contribution in [3.8, 4) is 11.5 Å². The van der Waals surface area contributed by atoms with Crippen LogP contribution in [-0.4, -0.2) is 71.8 Å². The second-order valence-electron chi connectivity index (χ2n) is 6.99. The Kier molecular flexibility index (Phi) is 4.60. The topological polar surface area (TPSA) is 104 Å². The molecule has 10 heteroatoms. The second kappa shape index (κ2) is 6.95. The van der Waals surface area contributed by atoms with Crippen LogP contribution in [0.4, 0.5) is 14.9 Å². The number of carbonyl (C=O) groups is 1. The molecular weight excluding hydrogens is 373 g/mol. The number of nitrogens with zero attached hydrogens (tertiary/aromatic N) is 3. The Balaban J connectivity index is 1.94. The number of benzene rings is 1. The average molecular weight is 393 g/mol. The van der Waals surface area contributed by atoms with Crippen molar-refractivity contribution >= 4 is 22.7 Å². The first-order valence-electron chi connectivity index (χ1n) is 8.90. The van der Waals surface area contributed by atoms with Crippen LogP contribution in [0.2, 0.25) is 0 Å². The van der Waals surface area contributed by atoms with Crippen molar-refractivity contribution < 1.29 is 28.9 Å². The molecule has 1 aromatic carbocycles. The predicted octanol–water partition coefficient (Wildman–Crippen LogP) is 0.702. The van der Waals surface area contributed by atoms with E-state index >= 15 is 4.39 Å². The Morgan fingerprint density at radius 3 is 2.71 bits per heavy atom. The number of hydrogen-bond donors (Lipinski definition) is 2. The summed E-state index contributed by atoms with van der Waals surface area (Å²) in [5.41, 5.74) is -0.119. The van der Waals surface area contributed by atoms with Gasteiger partial charge in [-0.25, -0.2) is 9.18 Å². The smallest absolute Gasteiger partial charge is 0.482 e. The molecule has 0 spiro atoms. The normalized spacial score (nSPS) is 19.5. The van der Waals surface area contributed by atoms with E-state index in [1.807, 2.05) is 11.9 Å². The van der Waals surface area contributed by atoms with Crippen molar-refractivity contribution in [1.29, 1.82) is 0 Å². The standard InChI is InChI=1S/C18H20FN3O6/c1-20-2-4-21(5-3-20)15-12(19)6-11-14-17(15)27-10(9-23)7-22(14)8-13(16(11)24)28-18(25)26/h6,8,10,23H,2-5,7,9H2,1H3,(H,25,26)/t10-/m1/s1. The summed E-state index contributed by atoms with van der Waals surface area (Å²) in [6.07, 6.45) is -1.03. The van der Waals surface area contributed by atoms with E-state index in [0.29, 0.717) is 18.6 Å². The zero-order chi connectivity index (χ0) is 20.0. The lowest BCUT2D eigenvalue weighted by Crippen LogP contribution is -2.45. The van der Waals surface area contributed by atoms with Gasteiger partial charge >= 0.3 is 6.16 Å². The highest BCUT2D eigenvalue weighted by molar-refractivity contribution is 5.92. The molecule has 4 rings (SSSR count). The van der Waals surface area contributed by atoms with E-state index in [2.05, 4.69) is 9.64 Å². The number of rotatable bonds is 3. The third-order valence-corrected chi connectivity index (χ3v) is 5.12. The van der Waals surface area contributed by atoms with Gasteiger partial charge in [0.15, 0.2) is 17.3 Å². The fourth-order valence-electron chi connectivity index (χ4n) is 3.73. The van der Waals surface area contributed by atoms with Crippen LogP contribution in [-0.2, 0) is 6.54 Å². The molecule has 2 N–H and O–H groups in total. The number of halogens is 1. The number of aromatic nitrogens is 1. The van der Waals surface area contributed by atoms with E-state index in [0.717, 1.165) is 19.2 Å². The molecular formula is C18H20FN3O6. The largest absolute Gasteiger partial charge is 0.511 e. The summed E-state index contributed by atoms with van der Waals surface area (Å²) in [6, 6.07) is 1.10. The number of aliphatic hydroxyl groups is 1. The van der Waals surface area contributed by atoms with Crippen LogP contribution >= 0.6 is 0 Å². The molecule has 0 radical (unpaired) electrons. The molecule has 0 amide bonds. The first-order chi connectivity index (χ1) is 13.4. The summed E-state index contributed by atoms with van der Waals surface area (Å²) in [5.74, 6) is -0.873. The molecule has 1 aromatic heterocycles. The highest BCUT2D eigenvalue weighted by Gasteiger charge is 2.31. The number of aliphatic hydroxyl groups excluding tert-OH is 1. The van der Waals surface area contributed by atoms with Gasteiger partial charge < -0.3 is 34.1 Å². The maximum absolute atomic E-state index is 15.1. The Hall–Kier alpha value is -2.85. The van der Waals surface area contributed by atoms with Crippen molar-refractivity contribution in [3.05, 3.63) is 28.3 Å². The first-order valence-corrected chi connectivity index (χ1v) is 8.90. The van der Waals surface area contributed by atoms with Gasteiger partial charge in [0, 0.05) is 26.2 Å². The molecule has 28 heavy (non-hydrogen) atoms. The predicted molar refractivity (Wildman–Crippen MR) is 98.0 cm³/mol. The van der Waals surface area contributed by atoms with Gasteiger partial charge in [-0.3, -0.25) is 4.79 Å². The number of pyridine rings is 1. The van der Waals surface area contributed by atoms with E-state index in [4.69, 9.17) is 9.84 Å². The lowest BCUT2D eigenvalue weighted by Gasteiger charge is -2.37. The van der Waals surface area contributed by atoms with Gasteiger partial charge in [-0.1, -0.05) is 0 Å². The Morgan fingerprint density at radius 1 is 1.36 bits per heavy atom. The van der Waals surface area contributed by atoms with Gasteiger partial charge in [-0.15, -0.1) is 0 Å². The number of ether oxygens (including phenoxy) is 2. The first kappa shape index (κ1) is 18.5. The molecule has 9 nitrogen and oxygen atoms in total. The number of piperazine rings is 1. The maximum atomic E-state index is 15.1. The Labute approximate surface area is 159 Å². The summed E-state index contributed by atoms with van der Waals surface area (Å²) < 4.78 is 27.1. The van der Waals surface area contributed by atoms with Crippen LogP contribution in [0, 0.1) is 5.82 Å². The van der Waals surface area contributed by atoms with Crippen LogP contribution < -0.4 is 19.8 Å². The van der Waals surface area contributed by atoms with E-state index in [1.165, 1.54) is 6.20 Å². The molecule has 150 valence electrons. The van der Waals surface area contributed by atoms with Gasteiger partial charge in [0.05, 0.1) is 30.3 Å². The van der Waals surface area contributed by atoms with Gasteiger partial charge in [0.1, 0.15) is 11.8 Å². The summed E-state index contributed by atoms with van der Waals surface area (Å²) >= 11 is 0. The van der Waals surface area contributed by atoms with Gasteiger partial charge in [0.25, 0.3) is 0 Å². The quantitative estimate of drug-likeness (QED) is 0.735. The highest BCUT2D eigenvalue weighted by Crippen LogP contribution is 2.41. The fourth-order valence-corrected chi connectivity index (χ4v) is 3.73. The van der Waals surface area contributed by atoms with Crippen molar-refractivity contribution in [2.45, 2.75) is 12.6 Å². The molecule has 3 heterocycles. The van der Waals surface area contributed by atoms with Gasteiger partial charge in [-0.05, 0) is 13.1 Å². The molecule has 0 saturated carbocycles. The third kappa shape index (κ3) is 3.04. The van der Waals surface area contributed by atoms with Crippen LogP contribution in [0.1, 0.15) is 0 Å². The van der Waals surface area contributed by atoms with E-state index in [9.17, 15) is 14.7 Å². The Morgan fingerprint density at radius 2 is 2.07 bits per heavy atom. The minimum atomic E-state index is -1.63. The molecule has 0 unspecified atom stereocenters. The Bertz CT molecular complexity index is 999. The van der Waals surface area contributed by atoms with Gasteiger partial charge in [0.2, 0.25) is 5.43 Å². The number of carboxylic acid groups (broad SMARTS) is 1. The second-order valence-corrected chi connectivity index (χ2v) is 6.99. The minimum absolute atomic E-state index is 0.0273. The molecule has 2 aliphatic heterocycles. The zero-order valence-electron chi connectivity index (χ0n) is 15.2. The van der Waals surface area contributed by atoms with Crippen LogP contribution in [0.15, 0.2) is 17.1 Å². The minimum Gasteiger partial charge on any atom is -0.482 e. The van der Waals surface area contributed by atoms with Crippen molar-refractivity contribution in [3.63, 3.8) is 0 Å². The van der Waals surface area contributed by atoms with E-state index in [1.54, 1.807) is 4.57 Å². The molecule has 1 atom stereocenters. The lowest BCUT2D eigenvalue weighted by molar-refractivity contribution is 0.0947. The number of likely N-dealkylation sites (N-methyl/N-ethyl adjacent to an activating group) is 1. The highest BCUT2D eigenvalue weighted by atomic mass is 19.1. The zero-order valence-corrected chi connectivity index (χ0v) is 15.2. The van der Waals surface area contributed by atoms with Crippen molar-refractivity contribution in [1.82, 2.24) is 9.47 Å². The third-order valence-electron chi connectivity index (χ3n) is 5.12.